The van der Waals surface area contributed by atoms with Crippen molar-refractivity contribution in [3.63, 3.8) is 0 Å². The first-order valence-electron chi connectivity index (χ1n) is 4.13. The molecular weight excluding hydrogens is 168 g/mol. The second kappa shape index (κ2) is 3.72. The zero-order valence-electron chi connectivity index (χ0n) is 7.45. The summed E-state index contributed by atoms with van der Waals surface area (Å²) in [5.41, 5.74) is 6.52. The number of nitrogens with zero attached hydrogens (tertiary/aromatic N) is 1. The third-order valence-electron chi connectivity index (χ3n) is 2.10. The molecule has 0 saturated carbocycles. The fourth-order valence-electron chi connectivity index (χ4n) is 1.18. The van der Waals surface area contributed by atoms with E-state index in [1.165, 1.54) is 0 Å². The third-order valence-corrected chi connectivity index (χ3v) is 2.31. The lowest BCUT2D eigenvalue weighted by molar-refractivity contribution is 0.530. The first-order chi connectivity index (χ1) is 5.66. The van der Waals surface area contributed by atoms with Crippen LogP contribution in [0.5, 0.6) is 0 Å². The summed E-state index contributed by atoms with van der Waals surface area (Å²) in [4.78, 5) is 0.473. The van der Waals surface area contributed by atoms with Crippen LogP contribution in [0.1, 0.15) is 32.0 Å². The summed E-state index contributed by atoms with van der Waals surface area (Å²) >= 11 is 4.93. The zero-order chi connectivity index (χ0) is 9.14. The van der Waals surface area contributed by atoms with Crippen molar-refractivity contribution >= 4 is 17.2 Å². The van der Waals surface area contributed by atoms with Gasteiger partial charge in [0.1, 0.15) is 4.99 Å². The molecule has 1 aromatic heterocycles. The number of rotatable bonds is 3. The molecule has 0 aliphatic rings. The Hall–Kier alpha value is -0.830. The predicted molar refractivity (Wildman–Crippen MR) is 55.3 cm³/mol. The summed E-state index contributed by atoms with van der Waals surface area (Å²) in [5, 5.41) is 0. The van der Waals surface area contributed by atoms with E-state index in [4.69, 9.17) is 18.0 Å². The topological polar surface area (TPSA) is 30.9 Å². The van der Waals surface area contributed by atoms with Crippen molar-refractivity contribution in [1.82, 2.24) is 4.57 Å². The molecule has 1 atom stereocenters. The Morgan fingerprint density at radius 3 is 2.92 bits per heavy atom. The van der Waals surface area contributed by atoms with Gasteiger partial charge in [0.25, 0.3) is 0 Å². The molecule has 0 aliphatic heterocycles. The average molecular weight is 182 g/mol. The van der Waals surface area contributed by atoms with Crippen LogP contribution in [-0.4, -0.2) is 9.56 Å². The van der Waals surface area contributed by atoms with Gasteiger partial charge in [0.2, 0.25) is 0 Å². The molecular formula is C9H14N2S. The Kier molecular flexibility index (Phi) is 2.87. The quantitative estimate of drug-likeness (QED) is 0.726. The molecule has 66 valence electrons. The first kappa shape index (κ1) is 9.26. The van der Waals surface area contributed by atoms with Crippen molar-refractivity contribution in [3.8, 4) is 0 Å². The molecule has 1 heterocycles. The number of thiocarbonyl (C=S) groups is 1. The largest absolute Gasteiger partial charge is 0.388 e. The molecule has 1 rings (SSSR count). The van der Waals surface area contributed by atoms with Gasteiger partial charge in [0, 0.05) is 12.2 Å². The molecule has 0 fully saturated rings. The van der Waals surface area contributed by atoms with Crippen molar-refractivity contribution < 1.29 is 0 Å². The van der Waals surface area contributed by atoms with E-state index in [1.807, 2.05) is 18.3 Å². The fraction of sp³-hybridized carbons (Fsp3) is 0.444. The van der Waals surface area contributed by atoms with Crippen molar-refractivity contribution in [2.75, 3.05) is 0 Å². The van der Waals surface area contributed by atoms with Gasteiger partial charge in [-0.1, -0.05) is 19.1 Å². The first-order valence-corrected chi connectivity index (χ1v) is 4.54. The van der Waals surface area contributed by atoms with E-state index in [9.17, 15) is 0 Å². The van der Waals surface area contributed by atoms with Gasteiger partial charge >= 0.3 is 0 Å². The van der Waals surface area contributed by atoms with E-state index >= 15 is 0 Å². The van der Waals surface area contributed by atoms with E-state index in [0.29, 0.717) is 11.0 Å². The summed E-state index contributed by atoms with van der Waals surface area (Å²) in [6, 6.07) is 4.39. The van der Waals surface area contributed by atoms with Crippen molar-refractivity contribution in [3.05, 3.63) is 24.0 Å². The van der Waals surface area contributed by atoms with Crippen LogP contribution >= 0.6 is 12.2 Å². The highest BCUT2D eigenvalue weighted by molar-refractivity contribution is 7.80. The van der Waals surface area contributed by atoms with Gasteiger partial charge in [0.15, 0.2) is 0 Å². The molecule has 2 nitrogen and oxygen atoms in total. The van der Waals surface area contributed by atoms with Crippen LogP contribution in [0, 0.1) is 0 Å². The minimum atomic E-state index is 0.469. The standard InChI is InChI=1S/C9H14N2S/c1-3-7(2)11-6-4-5-8(11)9(10)12/h4-7H,3H2,1-2H3,(H2,10,12). The lowest BCUT2D eigenvalue weighted by Crippen LogP contribution is -2.17. The molecule has 2 N–H and O–H groups in total. The minimum absolute atomic E-state index is 0.469. The van der Waals surface area contributed by atoms with Gasteiger partial charge in [-0.2, -0.15) is 0 Å². The van der Waals surface area contributed by atoms with Crippen LogP contribution in [0.3, 0.4) is 0 Å². The van der Waals surface area contributed by atoms with Gasteiger partial charge in [-0.3, -0.25) is 0 Å². The van der Waals surface area contributed by atoms with Gasteiger partial charge < -0.3 is 10.3 Å². The van der Waals surface area contributed by atoms with Crippen LogP contribution in [0.25, 0.3) is 0 Å². The Morgan fingerprint density at radius 2 is 2.42 bits per heavy atom. The maximum atomic E-state index is 5.56. The molecule has 0 bridgehead atoms. The summed E-state index contributed by atoms with van der Waals surface area (Å²) in [5.74, 6) is 0. The van der Waals surface area contributed by atoms with Crippen molar-refractivity contribution in [1.29, 1.82) is 0 Å². The molecule has 1 aromatic rings. The SMILES string of the molecule is CCC(C)n1cccc1C(N)=S. The summed E-state index contributed by atoms with van der Waals surface area (Å²) in [7, 11) is 0. The average Bonchev–Trinajstić information content (AvgIpc) is 2.50. The second-order valence-corrected chi connectivity index (χ2v) is 3.36. The van der Waals surface area contributed by atoms with E-state index in [0.717, 1.165) is 12.1 Å². The van der Waals surface area contributed by atoms with Crippen LogP contribution in [0.2, 0.25) is 0 Å². The normalized spacial score (nSPS) is 12.8. The number of aromatic nitrogens is 1. The highest BCUT2D eigenvalue weighted by Gasteiger charge is 2.07. The Labute approximate surface area is 78.4 Å². The Balaban J connectivity index is 2.98. The molecule has 3 heteroatoms. The van der Waals surface area contributed by atoms with Crippen molar-refractivity contribution in [2.24, 2.45) is 5.73 Å². The number of hydrogen-bond donors (Lipinski definition) is 1. The smallest absolute Gasteiger partial charge is 0.120 e. The van der Waals surface area contributed by atoms with E-state index < -0.39 is 0 Å². The zero-order valence-corrected chi connectivity index (χ0v) is 8.27. The molecule has 1 unspecified atom stereocenters. The molecule has 0 aliphatic carbocycles. The molecule has 0 aromatic carbocycles. The molecule has 0 spiro atoms. The lowest BCUT2D eigenvalue weighted by atomic mass is 10.2. The van der Waals surface area contributed by atoms with Crippen LogP contribution in [-0.2, 0) is 0 Å². The third kappa shape index (κ3) is 1.67. The summed E-state index contributed by atoms with van der Waals surface area (Å²) in [6.07, 6.45) is 3.10. The fourth-order valence-corrected chi connectivity index (χ4v) is 1.36. The predicted octanol–water partition coefficient (Wildman–Crippen LogP) is 2.09. The monoisotopic (exact) mass is 182 g/mol. The molecule has 0 radical (unpaired) electrons. The minimum Gasteiger partial charge on any atom is -0.388 e. The molecule has 0 saturated heterocycles. The van der Waals surface area contributed by atoms with Gasteiger partial charge in [-0.15, -0.1) is 0 Å². The van der Waals surface area contributed by atoms with Crippen LogP contribution in [0.4, 0.5) is 0 Å². The second-order valence-electron chi connectivity index (χ2n) is 2.92. The Morgan fingerprint density at radius 1 is 1.75 bits per heavy atom. The van der Waals surface area contributed by atoms with E-state index in [2.05, 4.69) is 18.4 Å². The number of nitrogens with two attached hydrogens (primary N) is 1. The van der Waals surface area contributed by atoms with Gasteiger partial charge in [-0.25, -0.2) is 0 Å². The van der Waals surface area contributed by atoms with Crippen LogP contribution in [0.15, 0.2) is 18.3 Å². The van der Waals surface area contributed by atoms with Gasteiger partial charge in [0.05, 0.1) is 5.69 Å². The maximum Gasteiger partial charge on any atom is 0.120 e. The summed E-state index contributed by atoms with van der Waals surface area (Å²) < 4.78 is 2.11. The van der Waals surface area contributed by atoms with Crippen LogP contribution < -0.4 is 5.73 Å². The molecule has 0 amide bonds. The maximum absolute atomic E-state index is 5.56. The van der Waals surface area contributed by atoms with E-state index in [-0.39, 0.29) is 0 Å². The lowest BCUT2D eigenvalue weighted by Gasteiger charge is -2.14. The van der Waals surface area contributed by atoms with Crippen molar-refractivity contribution in [2.45, 2.75) is 26.3 Å². The highest BCUT2D eigenvalue weighted by atomic mass is 32.1. The molecule has 12 heavy (non-hydrogen) atoms. The Bertz CT molecular complexity index is 278. The van der Waals surface area contributed by atoms with E-state index in [1.54, 1.807) is 0 Å². The summed E-state index contributed by atoms with van der Waals surface area (Å²) in [6.45, 7) is 4.30. The van der Waals surface area contributed by atoms with Gasteiger partial charge in [-0.05, 0) is 25.5 Å². The number of hydrogen-bond acceptors (Lipinski definition) is 1. The highest BCUT2D eigenvalue weighted by Crippen LogP contribution is 2.14.